The highest BCUT2D eigenvalue weighted by Gasteiger charge is 2.33. The lowest BCUT2D eigenvalue weighted by molar-refractivity contribution is -0.378. The Morgan fingerprint density at radius 3 is 2.26 bits per heavy atom. The zero-order valence-electron chi connectivity index (χ0n) is 17.3. The monoisotopic (exact) mass is 369 g/mol. The van der Waals surface area contributed by atoms with E-state index in [9.17, 15) is 10.1 Å². The largest absolute Gasteiger partial charge is 0.335 e. The number of carbonyl (C=O) groups is 1. The van der Waals surface area contributed by atoms with Crippen LogP contribution < -0.4 is 9.88 Å². The van der Waals surface area contributed by atoms with E-state index in [1.165, 1.54) is 29.7 Å². The molecule has 1 aromatic heterocycles. The molecule has 1 aliphatic carbocycles. The van der Waals surface area contributed by atoms with Crippen molar-refractivity contribution in [1.29, 1.82) is 5.26 Å². The summed E-state index contributed by atoms with van der Waals surface area (Å²) in [6, 6.07) is 2.50. The van der Waals surface area contributed by atoms with Crippen LogP contribution in [-0.4, -0.2) is 37.0 Å². The van der Waals surface area contributed by atoms with Gasteiger partial charge in [-0.1, -0.05) is 27.7 Å². The third kappa shape index (κ3) is 4.10. The zero-order chi connectivity index (χ0) is 19.6. The predicted octanol–water partition coefficient (Wildman–Crippen LogP) is 2.75. The van der Waals surface area contributed by atoms with E-state index in [0.717, 1.165) is 56.8 Å². The number of fused-ring (bicyclic) bond motifs is 1. The van der Waals surface area contributed by atoms with E-state index in [-0.39, 0.29) is 11.8 Å². The number of rotatable bonds is 4. The van der Waals surface area contributed by atoms with Crippen LogP contribution in [0.5, 0.6) is 0 Å². The van der Waals surface area contributed by atoms with Crippen LogP contribution in [0.1, 0.15) is 62.9 Å². The Bertz CT molecular complexity index is 740. The molecule has 3 rings (SSSR count). The molecular weight excluding hydrogens is 336 g/mol. The fourth-order valence-electron chi connectivity index (χ4n) is 4.39. The van der Waals surface area contributed by atoms with Crippen molar-refractivity contribution in [3.8, 4) is 6.07 Å². The zero-order valence-corrected chi connectivity index (χ0v) is 17.3. The van der Waals surface area contributed by atoms with E-state index in [2.05, 4.69) is 29.8 Å². The number of hydrogen-bond acceptors (Lipinski definition) is 3. The molecule has 1 aromatic rings. The topological polar surface area (TPSA) is 61.5 Å². The molecule has 0 bridgehead atoms. The summed E-state index contributed by atoms with van der Waals surface area (Å²) < 4.78 is 0. The van der Waals surface area contributed by atoms with Crippen LogP contribution in [0.4, 0.5) is 5.82 Å². The second kappa shape index (κ2) is 8.29. The maximum atomic E-state index is 12.3. The lowest BCUT2D eigenvalue weighted by Gasteiger charge is -2.33. The van der Waals surface area contributed by atoms with Gasteiger partial charge in [0.25, 0.3) is 5.82 Å². The second-order valence-electron chi connectivity index (χ2n) is 8.67. The molecule has 0 atom stereocenters. The van der Waals surface area contributed by atoms with Crippen LogP contribution in [0.15, 0.2) is 0 Å². The van der Waals surface area contributed by atoms with Gasteiger partial charge in [0, 0.05) is 12.3 Å². The fourth-order valence-corrected chi connectivity index (χ4v) is 4.39. The molecule has 1 amide bonds. The van der Waals surface area contributed by atoms with Crippen molar-refractivity contribution in [2.75, 3.05) is 31.1 Å². The smallest absolute Gasteiger partial charge is 0.293 e. The lowest BCUT2D eigenvalue weighted by atomic mass is 9.85. The van der Waals surface area contributed by atoms with Crippen LogP contribution in [0.3, 0.4) is 0 Å². The highest BCUT2D eigenvalue weighted by molar-refractivity contribution is 5.78. The number of nitrogens with one attached hydrogen (secondary N) is 1. The van der Waals surface area contributed by atoms with Gasteiger partial charge >= 0.3 is 0 Å². The van der Waals surface area contributed by atoms with Crippen LogP contribution in [0, 0.1) is 23.2 Å². The van der Waals surface area contributed by atoms with Crippen LogP contribution in [0.2, 0.25) is 0 Å². The van der Waals surface area contributed by atoms with Gasteiger partial charge < -0.3 is 4.90 Å². The molecule has 0 aromatic carbocycles. The summed E-state index contributed by atoms with van der Waals surface area (Å²) in [4.78, 5) is 20.2. The van der Waals surface area contributed by atoms with Crippen molar-refractivity contribution in [2.24, 2.45) is 11.8 Å². The molecule has 0 unspecified atom stereocenters. The molecule has 5 nitrogen and oxygen atoms in total. The normalized spacial score (nSPS) is 17.2. The molecule has 0 spiro atoms. The maximum Gasteiger partial charge on any atom is 0.293 e. The summed E-state index contributed by atoms with van der Waals surface area (Å²) in [6.07, 6.45) is 5.50. The van der Waals surface area contributed by atoms with Gasteiger partial charge in [0.2, 0.25) is 5.91 Å². The molecule has 1 N–H and O–H groups in total. The summed E-state index contributed by atoms with van der Waals surface area (Å²) in [6.45, 7) is 11.4. The van der Waals surface area contributed by atoms with Gasteiger partial charge in [-0.15, -0.1) is 0 Å². The van der Waals surface area contributed by atoms with Crippen molar-refractivity contribution in [2.45, 2.75) is 59.8 Å². The third-order valence-corrected chi connectivity index (χ3v) is 5.77. The molecular formula is C22H33N4O+. The second-order valence-corrected chi connectivity index (χ2v) is 8.67. The van der Waals surface area contributed by atoms with Crippen molar-refractivity contribution in [3.05, 3.63) is 22.4 Å². The van der Waals surface area contributed by atoms with Gasteiger partial charge in [-0.2, -0.15) is 5.26 Å². The fraction of sp³-hybridized carbons (Fsp3) is 0.682. The number of aromatic nitrogens is 1. The van der Waals surface area contributed by atoms with Gasteiger partial charge in [0.1, 0.15) is 30.4 Å². The van der Waals surface area contributed by atoms with Gasteiger partial charge in [-0.05, 0) is 42.7 Å². The van der Waals surface area contributed by atoms with Crippen molar-refractivity contribution < 1.29 is 9.78 Å². The number of anilines is 1. The minimum Gasteiger partial charge on any atom is -0.335 e. The standard InChI is InChI=1S/C22H32N4O/c1-15(2)13-20-18-8-6-5-7-17(18)19(14-23)21(24-20)25-9-11-26(12-10-25)22(27)16(3)4/h15-16H,5-13H2,1-4H3/p+1. The first kappa shape index (κ1) is 19.7. The lowest BCUT2D eigenvalue weighted by Crippen LogP contribution is -2.51. The number of piperazine rings is 1. The highest BCUT2D eigenvalue weighted by atomic mass is 16.2. The van der Waals surface area contributed by atoms with E-state index < -0.39 is 0 Å². The van der Waals surface area contributed by atoms with E-state index in [4.69, 9.17) is 0 Å². The first-order chi connectivity index (χ1) is 12.9. The summed E-state index contributed by atoms with van der Waals surface area (Å²) in [5, 5.41) is 9.93. The number of hydrogen-bond donors (Lipinski definition) is 0. The molecule has 5 heteroatoms. The van der Waals surface area contributed by atoms with Crippen molar-refractivity contribution in [3.63, 3.8) is 0 Å². The van der Waals surface area contributed by atoms with E-state index in [1.54, 1.807) is 0 Å². The molecule has 1 saturated heterocycles. The Kier molecular flexibility index (Phi) is 6.04. The molecule has 2 heterocycles. The minimum absolute atomic E-state index is 0.0409. The summed E-state index contributed by atoms with van der Waals surface area (Å²) in [5.74, 6) is 1.82. The van der Waals surface area contributed by atoms with E-state index >= 15 is 0 Å². The van der Waals surface area contributed by atoms with Gasteiger partial charge in [-0.3, -0.25) is 9.69 Å². The number of carbonyl (C=O) groups excluding carboxylic acids is 1. The molecule has 0 radical (unpaired) electrons. The number of nitrogens with zero attached hydrogens (tertiary/aromatic N) is 3. The maximum absolute atomic E-state index is 12.3. The van der Waals surface area contributed by atoms with Gasteiger partial charge in [0.15, 0.2) is 0 Å². The number of aromatic amines is 1. The predicted molar refractivity (Wildman–Crippen MR) is 107 cm³/mol. The quantitative estimate of drug-likeness (QED) is 0.820. The van der Waals surface area contributed by atoms with Crippen LogP contribution >= 0.6 is 0 Å². The first-order valence-corrected chi connectivity index (χ1v) is 10.5. The van der Waals surface area contributed by atoms with Crippen molar-refractivity contribution in [1.82, 2.24) is 4.90 Å². The Hall–Kier alpha value is -2.09. The summed E-state index contributed by atoms with van der Waals surface area (Å²) >= 11 is 0. The average molecular weight is 370 g/mol. The van der Waals surface area contributed by atoms with E-state index in [1.807, 2.05) is 18.7 Å². The Morgan fingerprint density at radius 1 is 1.07 bits per heavy atom. The first-order valence-electron chi connectivity index (χ1n) is 10.5. The van der Waals surface area contributed by atoms with Gasteiger partial charge in [-0.25, -0.2) is 4.98 Å². The number of amides is 1. The molecule has 1 fully saturated rings. The Morgan fingerprint density at radius 2 is 1.70 bits per heavy atom. The third-order valence-electron chi connectivity index (χ3n) is 5.77. The van der Waals surface area contributed by atoms with E-state index in [0.29, 0.717) is 5.92 Å². The van der Waals surface area contributed by atoms with Gasteiger partial charge in [0.05, 0.1) is 13.1 Å². The summed E-state index contributed by atoms with van der Waals surface area (Å²) in [5.41, 5.74) is 4.81. The van der Waals surface area contributed by atoms with Crippen LogP contribution in [-0.2, 0) is 24.1 Å². The Balaban J connectivity index is 1.91. The Labute approximate surface area is 163 Å². The number of H-pyrrole nitrogens is 1. The average Bonchev–Trinajstić information content (AvgIpc) is 2.67. The minimum atomic E-state index is 0.0409. The van der Waals surface area contributed by atoms with Crippen molar-refractivity contribution >= 4 is 11.7 Å². The molecule has 1 aliphatic heterocycles. The summed E-state index contributed by atoms with van der Waals surface area (Å²) in [7, 11) is 0. The number of nitriles is 1. The van der Waals surface area contributed by atoms with Crippen LogP contribution in [0.25, 0.3) is 0 Å². The molecule has 146 valence electrons. The molecule has 2 aliphatic rings. The highest BCUT2D eigenvalue weighted by Crippen LogP contribution is 2.31. The SMILES string of the molecule is CC(C)Cc1[nH+]c(N2CCN(C(=O)C(C)C)CC2)c(C#N)c2c1CCCC2. The molecule has 27 heavy (non-hydrogen) atoms. The molecule has 0 saturated carbocycles. The number of pyridine rings is 1.